The summed E-state index contributed by atoms with van der Waals surface area (Å²) < 4.78 is 6.21. The normalized spacial score (nSPS) is 23.1. The molecule has 2 unspecified atom stereocenters. The Labute approximate surface area is 123 Å². The third-order valence-corrected chi connectivity index (χ3v) is 4.28. The lowest BCUT2D eigenvalue weighted by Crippen LogP contribution is -2.37. The van der Waals surface area contributed by atoms with Gasteiger partial charge in [-0.05, 0) is 68.3 Å². The van der Waals surface area contributed by atoms with Crippen molar-refractivity contribution in [1.82, 2.24) is 5.32 Å². The first kappa shape index (κ1) is 15.4. The van der Waals surface area contributed by atoms with Gasteiger partial charge in [-0.1, -0.05) is 26.8 Å². The fourth-order valence-electron chi connectivity index (χ4n) is 3.29. The molecule has 2 nitrogen and oxygen atoms in total. The van der Waals surface area contributed by atoms with E-state index >= 15 is 0 Å². The highest BCUT2D eigenvalue weighted by Crippen LogP contribution is 2.27. The molecule has 0 amide bonds. The van der Waals surface area contributed by atoms with Gasteiger partial charge in [0, 0.05) is 6.04 Å². The quantitative estimate of drug-likeness (QED) is 0.859. The molecule has 1 N–H and O–H groups in total. The molecular formula is C18H29NO. The van der Waals surface area contributed by atoms with Gasteiger partial charge in [0.1, 0.15) is 11.9 Å². The molecule has 2 atom stereocenters. The van der Waals surface area contributed by atoms with E-state index in [0.29, 0.717) is 18.1 Å². The summed E-state index contributed by atoms with van der Waals surface area (Å²) in [7, 11) is 0. The average molecular weight is 275 g/mol. The first-order valence-electron chi connectivity index (χ1n) is 8.10. The van der Waals surface area contributed by atoms with Gasteiger partial charge in [-0.2, -0.15) is 0 Å². The molecular weight excluding hydrogens is 246 g/mol. The van der Waals surface area contributed by atoms with Crippen molar-refractivity contribution < 1.29 is 4.74 Å². The van der Waals surface area contributed by atoms with E-state index in [-0.39, 0.29) is 0 Å². The van der Waals surface area contributed by atoms with Crippen LogP contribution in [0.5, 0.6) is 5.75 Å². The van der Waals surface area contributed by atoms with Crippen molar-refractivity contribution in [3.63, 3.8) is 0 Å². The number of benzene rings is 1. The smallest absolute Gasteiger partial charge is 0.120 e. The van der Waals surface area contributed by atoms with E-state index in [9.17, 15) is 0 Å². The van der Waals surface area contributed by atoms with Crippen molar-refractivity contribution in [2.75, 3.05) is 6.54 Å². The van der Waals surface area contributed by atoms with Crippen LogP contribution in [0.15, 0.2) is 18.2 Å². The van der Waals surface area contributed by atoms with Crippen LogP contribution < -0.4 is 10.1 Å². The van der Waals surface area contributed by atoms with Gasteiger partial charge in [0.25, 0.3) is 0 Å². The molecule has 1 fully saturated rings. The number of ether oxygens (including phenoxy) is 1. The minimum atomic E-state index is 0.372. The predicted octanol–water partition coefficient (Wildman–Crippen LogP) is 4.42. The van der Waals surface area contributed by atoms with Gasteiger partial charge in [-0.3, -0.25) is 0 Å². The van der Waals surface area contributed by atoms with E-state index in [4.69, 9.17) is 4.74 Å². The lowest BCUT2D eigenvalue weighted by atomic mass is 9.92. The minimum absolute atomic E-state index is 0.372. The Kier molecular flexibility index (Phi) is 5.47. The lowest BCUT2D eigenvalue weighted by molar-refractivity contribution is 0.135. The highest BCUT2D eigenvalue weighted by atomic mass is 16.5. The zero-order valence-electron chi connectivity index (χ0n) is 13.4. The predicted molar refractivity (Wildman–Crippen MR) is 85.6 cm³/mol. The highest BCUT2D eigenvalue weighted by molar-refractivity contribution is 5.36. The summed E-state index contributed by atoms with van der Waals surface area (Å²) in [5.41, 5.74) is 2.77. The van der Waals surface area contributed by atoms with Gasteiger partial charge >= 0.3 is 0 Å². The average Bonchev–Trinajstić information content (AvgIpc) is 2.39. The number of hydrogen-bond acceptors (Lipinski definition) is 2. The number of aryl methyl sites for hydroxylation is 1. The maximum Gasteiger partial charge on any atom is 0.120 e. The van der Waals surface area contributed by atoms with Crippen molar-refractivity contribution in [2.45, 2.75) is 71.4 Å². The third-order valence-electron chi connectivity index (χ3n) is 4.28. The Morgan fingerprint density at radius 1 is 1.30 bits per heavy atom. The van der Waals surface area contributed by atoms with Gasteiger partial charge < -0.3 is 10.1 Å². The molecule has 0 radical (unpaired) electrons. The van der Waals surface area contributed by atoms with E-state index in [1.807, 2.05) is 0 Å². The van der Waals surface area contributed by atoms with Crippen LogP contribution in [-0.2, 0) is 0 Å². The van der Waals surface area contributed by atoms with Gasteiger partial charge in [0.05, 0.1) is 0 Å². The van der Waals surface area contributed by atoms with Crippen LogP contribution in [0.4, 0.5) is 0 Å². The summed E-state index contributed by atoms with van der Waals surface area (Å²) in [5.74, 6) is 1.62. The zero-order chi connectivity index (χ0) is 14.5. The van der Waals surface area contributed by atoms with Gasteiger partial charge in [-0.25, -0.2) is 0 Å². The maximum absolute atomic E-state index is 6.21. The highest BCUT2D eigenvalue weighted by Gasteiger charge is 2.22. The molecule has 0 aliphatic heterocycles. The van der Waals surface area contributed by atoms with Crippen LogP contribution in [0.3, 0.4) is 0 Å². The van der Waals surface area contributed by atoms with Crippen molar-refractivity contribution in [3.05, 3.63) is 29.3 Å². The number of hydrogen-bond donors (Lipinski definition) is 1. The molecule has 0 saturated heterocycles. The van der Waals surface area contributed by atoms with E-state index in [1.165, 1.54) is 30.4 Å². The van der Waals surface area contributed by atoms with Crippen molar-refractivity contribution in [1.29, 1.82) is 0 Å². The van der Waals surface area contributed by atoms with E-state index in [0.717, 1.165) is 18.7 Å². The van der Waals surface area contributed by atoms with Gasteiger partial charge in [0.2, 0.25) is 0 Å². The summed E-state index contributed by atoms with van der Waals surface area (Å²) in [6.45, 7) is 9.90. The molecule has 2 rings (SSSR count). The van der Waals surface area contributed by atoms with Gasteiger partial charge in [-0.15, -0.1) is 0 Å². The topological polar surface area (TPSA) is 21.3 Å². The Bertz CT molecular complexity index is 425. The van der Waals surface area contributed by atoms with Crippen LogP contribution >= 0.6 is 0 Å². The Balaban J connectivity index is 1.97. The molecule has 0 spiro atoms. The summed E-state index contributed by atoms with van der Waals surface area (Å²) in [5, 5.41) is 3.56. The van der Waals surface area contributed by atoms with E-state index in [1.54, 1.807) is 0 Å². The molecule has 1 aliphatic carbocycles. The molecule has 20 heavy (non-hydrogen) atoms. The maximum atomic E-state index is 6.21. The Hall–Kier alpha value is -1.02. The third kappa shape index (κ3) is 3.99. The van der Waals surface area contributed by atoms with Crippen molar-refractivity contribution in [2.24, 2.45) is 0 Å². The first-order chi connectivity index (χ1) is 9.60. The molecule has 1 aromatic rings. The van der Waals surface area contributed by atoms with Crippen LogP contribution in [0.2, 0.25) is 0 Å². The molecule has 0 heterocycles. The van der Waals surface area contributed by atoms with Gasteiger partial charge in [0.15, 0.2) is 0 Å². The molecule has 1 aromatic carbocycles. The van der Waals surface area contributed by atoms with Crippen LogP contribution in [-0.4, -0.2) is 18.7 Å². The van der Waals surface area contributed by atoms with Crippen LogP contribution in [0.25, 0.3) is 0 Å². The van der Waals surface area contributed by atoms with E-state index < -0.39 is 0 Å². The molecule has 0 aromatic heterocycles. The van der Waals surface area contributed by atoms with Crippen LogP contribution in [0, 0.1) is 6.92 Å². The molecule has 112 valence electrons. The molecule has 0 bridgehead atoms. The first-order valence-corrected chi connectivity index (χ1v) is 8.10. The Morgan fingerprint density at radius 2 is 2.10 bits per heavy atom. The number of nitrogens with one attached hydrogen (secondary N) is 1. The van der Waals surface area contributed by atoms with Crippen LogP contribution in [0.1, 0.15) is 63.5 Å². The second-order valence-corrected chi connectivity index (χ2v) is 6.33. The molecule has 1 saturated carbocycles. The fraction of sp³-hybridized carbons (Fsp3) is 0.667. The largest absolute Gasteiger partial charge is 0.490 e. The lowest BCUT2D eigenvalue weighted by Gasteiger charge is -2.30. The number of rotatable bonds is 5. The molecule has 2 heteroatoms. The standard InChI is InChI=1S/C18H29NO/c1-5-19-15-7-6-8-16(12-15)20-17-9-10-18(13(2)3)14(4)11-17/h9-11,13,15-16,19H,5-8,12H2,1-4H3. The van der Waals surface area contributed by atoms with E-state index in [2.05, 4.69) is 51.2 Å². The minimum Gasteiger partial charge on any atom is -0.490 e. The van der Waals surface area contributed by atoms with Crippen molar-refractivity contribution >= 4 is 0 Å². The summed E-state index contributed by atoms with van der Waals surface area (Å²) >= 11 is 0. The fourth-order valence-corrected chi connectivity index (χ4v) is 3.29. The summed E-state index contributed by atoms with van der Waals surface area (Å²) in [6.07, 6.45) is 5.26. The zero-order valence-corrected chi connectivity index (χ0v) is 13.4. The Morgan fingerprint density at radius 3 is 2.75 bits per heavy atom. The monoisotopic (exact) mass is 275 g/mol. The summed E-state index contributed by atoms with van der Waals surface area (Å²) in [4.78, 5) is 0. The SMILES string of the molecule is CCNC1CCCC(Oc2ccc(C(C)C)c(C)c2)C1. The second-order valence-electron chi connectivity index (χ2n) is 6.33. The summed E-state index contributed by atoms with van der Waals surface area (Å²) in [6, 6.07) is 7.19. The van der Waals surface area contributed by atoms with Crippen molar-refractivity contribution in [3.8, 4) is 5.75 Å². The molecule has 1 aliphatic rings. The second kappa shape index (κ2) is 7.12.